The molecule has 0 saturated carbocycles. The van der Waals surface area contributed by atoms with Crippen molar-refractivity contribution in [3.63, 3.8) is 0 Å². The summed E-state index contributed by atoms with van der Waals surface area (Å²) in [5.74, 6) is 0.741. The lowest BCUT2D eigenvalue weighted by molar-refractivity contribution is 0.142. The lowest BCUT2D eigenvalue weighted by Crippen LogP contribution is -2.54. The van der Waals surface area contributed by atoms with Gasteiger partial charge in [0.25, 0.3) is 0 Å². The Labute approximate surface area is 105 Å². The largest absolute Gasteiger partial charge is 0.311 e. The van der Waals surface area contributed by atoms with Crippen LogP contribution in [0.25, 0.3) is 0 Å². The molecule has 17 heavy (non-hydrogen) atoms. The maximum absolute atomic E-state index is 11.6. The number of hydrogen-bond acceptors (Lipinski definition) is 4. The lowest BCUT2D eigenvalue weighted by atomic mass is 10.0. The van der Waals surface area contributed by atoms with Gasteiger partial charge in [0.05, 0.1) is 11.5 Å². The normalized spacial score (nSPS) is 34.1. The van der Waals surface area contributed by atoms with E-state index in [2.05, 4.69) is 24.1 Å². The van der Waals surface area contributed by atoms with E-state index in [9.17, 15) is 8.42 Å². The second kappa shape index (κ2) is 4.86. The van der Waals surface area contributed by atoms with Gasteiger partial charge in [0.15, 0.2) is 9.84 Å². The fraction of sp³-hybridized carbons (Fsp3) is 1.00. The van der Waals surface area contributed by atoms with Crippen LogP contribution in [0.2, 0.25) is 0 Å². The minimum absolute atomic E-state index is 0.0901. The molecule has 0 amide bonds. The Kier molecular flexibility index (Phi) is 3.80. The van der Waals surface area contributed by atoms with E-state index in [1.54, 1.807) is 0 Å². The maximum Gasteiger partial charge on any atom is 0.151 e. The van der Waals surface area contributed by atoms with E-state index in [-0.39, 0.29) is 11.6 Å². The summed E-state index contributed by atoms with van der Waals surface area (Å²) in [6.45, 7) is 7.48. The molecule has 0 spiro atoms. The van der Waals surface area contributed by atoms with Gasteiger partial charge < -0.3 is 5.32 Å². The van der Waals surface area contributed by atoms with Crippen LogP contribution in [0.4, 0.5) is 0 Å². The molecule has 2 rings (SSSR count). The molecule has 5 heteroatoms. The van der Waals surface area contributed by atoms with Gasteiger partial charge in [0.2, 0.25) is 0 Å². The van der Waals surface area contributed by atoms with Crippen LogP contribution in [-0.4, -0.2) is 56.0 Å². The van der Waals surface area contributed by atoms with E-state index < -0.39 is 9.84 Å². The summed E-state index contributed by atoms with van der Waals surface area (Å²) >= 11 is 0. The predicted molar refractivity (Wildman–Crippen MR) is 69.9 cm³/mol. The zero-order chi connectivity index (χ0) is 12.5. The zero-order valence-corrected chi connectivity index (χ0v) is 11.7. The minimum atomic E-state index is -2.77. The first-order chi connectivity index (χ1) is 7.88. The third-order valence-corrected chi connectivity index (χ3v) is 5.55. The Morgan fingerprint density at radius 1 is 1.29 bits per heavy atom. The highest BCUT2D eigenvalue weighted by Crippen LogP contribution is 2.21. The SMILES string of the molecule is CC1(C)CN(C2CCS(=O)(=O)C2)CCCCN1. The third-order valence-electron chi connectivity index (χ3n) is 3.80. The molecule has 4 nitrogen and oxygen atoms in total. The van der Waals surface area contributed by atoms with Crippen LogP contribution >= 0.6 is 0 Å². The molecule has 0 bridgehead atoms. The van der Waals surface area contributed by atoms with Crippen LogP contribution in [0.1, 0.15) is 33.1 Å². The molecule has 2 saturated heterocycles. The van der Waals surface area contributed by atoms with Gasteiger partial charge in [0, 0.05) is 18.1 Å². The van der Waals surface area contributed by atoms with Crippen molar-refractivity contribution in [3.05, 3.63) is 0 Å². The average molecular weight is 260 g/mol. The standard InChI is InChI=1S/C12H24N2O2S/c1-12(2)10-14(7-4-3-6-13-12)11-5-8-17(15,16)9-11/h11,13H,3-10H2,1-2H3. The zero-order valence-electron chi connectivity index (χ0n) is 10.9. The van der Waals surface area contributed by atoms with Crippen molar-refractivity contribution >= 4 is 9.84 Å². The van der Waals surface area contributed by atoms with Crippen LogP contribution in [0.15, 0.2) is 0 Å². The number of nitrogens with zero attached hydrogens (tertiary/aromatic N) is 1. The minimum Gasteiger partial charge on any atom is -0.311 e. The summed E-state index contributed by atoms with van der Waals surface area (Å²) in [6.07, 6.45) is 3.16. The van der Waals surface area contributed by atoms with Gasteiger partial charge in [-0.1, -0.05) is 0 Å². The Balaban J connectivity index is 2.03. The molecule has 1 atom stereocenters. The fourth-order valence-corrected chi connectivity index (χ4v) is 4.65. The van der Waals surface area contributed by atoms with Crippen molar-refractivity contribution < 1.29 is 8.42 Å². The molecular weight excluding hydrogens is 236 g/mol. The molecule has 2 aliphatic rings. The smallest absolute Gasteiger partial charge is 0.151 e. The second-order valence-corrected chi connectivity index (χ2v) is 8.27. The third kappa shape index (κ3) is 3.66. The molecule has 100 valence electrons. The molecule has 2 heterocycles. The first-order valence-electron chi connectivity index (χ1n) is 6.57. The summed E-state index contributed by atoms with van der Waals surface area (Å²) in [4.78, 5) is 2.39. The van der Waals surface area contributed by atoms with Gasteiger partial charge in [-0.15, -0.1) is 0 Å². The van der Waals surface area contributed by atoms with E-state index >= 15 is 0 Å². The van der Waals surface area contributed by atoms with Gasteiger partial charge in [0.1, 0.15) is 0 Å². The van der Waals surface area contributed by atoms with Crippen molar-refractivity contribution in [3.8, 4) is 0 Å². The molecule has 0 radical (unpaired) electrons. The van der Waals surface area contributed by atoms with Gasteiger partial charge in [-0.2, -0.15) is 0 Å². The molecule has 0 aromatic rings. The average Bonchev–Trinajstić information content (AvgIpc) is 2.53. The molecule has 1 N–H and O–H groups in total. The first-order valence-corrected chi connectivity index (χ1v) is 8.40. The predicted octanol–water partition coefficient (Wildman–Crippen LogP) is 0.638. The highest BCUT2D eigenvalue weighted by Gasteiger charge is 2.34. The quantitative estimate of drug-likeness (QED) is 0.751. The van der Waals surface area contributed by atoms with Gasteiger partial charge >= 0.3 is 0 Å². The monoisotopic (exact) mass is 260 g/mol. The number of rotatable bonds is 1. The summed E-state index contributed by atoms with van der Waals surface area (Å²) in [6, 6.07) is 0.249. The molecule has 0 aromatic heterocycles. The van der Waals surface area contributed by atoms with E-state index in [0.29, 0.717) is 11.5 Å². The molecule has 0 aliphatic carbocycles. The van der Waals surface area contributed by atoms with Crippen LogP contribution in [0, 0.1) is 0 Å². The first kappa shape index (κ1) is 13.3. The Morgan fingerprint density at radius 2 is 2.06 bits per heavy atom. The van der Waals surface area contributed by atoms with Crippen LogP contribution in [0.3, 0.4) is 0 Å². The molecule has 0 aromatic carbocycles. The van der Waals surface area contributed by atoms with Crippen LogP contribution in [0.5, 0.6) is 0 Å². The number of hydrogen-bond donors (Lipinski definition) is 1. The van der Waals surface area contributed by atoms with Gasteiger partial charge in [-0.3, -0.25) is 4.90 Å². The second-order valence-electron chi connectivity index (χ2n) is 6.05. The number of nitrogens with one attached hydrogen (secondary N) is 1. The fourth-order valence-electron chi connectivity index (χ4n) is 2.88. The van der Waals surface area contributed by atoms with Crippen molar-refractivity contribution in [1.82, 2.24) is 10.2 Å². The van der Waals surface area contributed by atoms with E-state index in [0.717, 1.165) is 26.1 Å². The summed E-state index contributed by atoms with van der Waals surface area (Å²) < 4.78 is 23.1. The topological polar surface area (TPSA) is 49.4 Å². The van der Waals surface area contributed by atoms with Crippen molar-refractivity contribution in [2.45, 2.75) is 44.7 Å². The molecule has 2 fully saturated rings. The van der Waals surface area contributed by atoms with Crippen LogP contribution in [-0.2, 0) is 9.84 Å². The maximum atomic E-state index is 11.6. The summed E-state index contributed by atoms with van der Waals surface area (Å²) in [5, 5.41) is 3.54. The highest BCUT2D eigenvalue weighted by molar-refractivity contribution is 7.91. The Morgan fingerprint density at radius 3 is 2.71 bits per heavy atom. The van der Waals surface area contributed by atoms with Crippen molar-refractivity contribution in [2.24, 2.45) is 0 Å². The molecule has 1 unspecified atom stereocenters. The number of sulfone groups is 1. The summed E-state index contributed by atoms with van der Waals surface area (Å²) in [5.41, 5.74) is 0.0901. The molecular formula is C12H24N2O2S. The Bertz CT molecular complexity index is 365. The van der Waals surface area contributed by atoms with E-state index in [1.165, 1.54) is 12.8 Å². The van der Waals surface area contributed by atoms with Crippen molar-refractivity contribution in [1.29, 1.82) is 0 Å². The van der Waals surface area contributed by atoms with Crippen LogP contribution < -0.4 is 5.32 Å². The van der Waals surface area contributed by atoms with E-state index in [4.69, 9.17) is 0 Å². The van der Waals surface area contributed by atoms with Crippen molar-refractivity contribution in [2.75, 3.05) is 31.1 Å². The highest BCUT2D eigenvalue weighted by atomic mass is 32.2. The van der Waals surface area contributed by atoms with Gasteiger partial charge in [-0.25, -0.2) is 8.42 Å². The Hall–Kier alpha value is -0.130. The molecule has 2 aliphatic heterocycles. The lowest BCUT2D eigenvalue weighted by Gasteiger charge is -2.38. The van der Waals surface area contributed by atoms with Gasteiger partial charge in [-0.05, 0) is 46.2 Å². The van der Waals surface area contributed by atoms with E-state index in [1.807, 2.05) is 0 Å². The summed E-state index contributed by atoms with van der Waals surface area (Å²) in [7, 11) is -2.77.